The molecule has 0 aromatic rings. The summed E-state index contributed by atoms with van der Waals surface area (Å²) in [6, 6.07) is 0. The van der Waals surface area contributed by atoms with Crippen molar-refractivity contribution in [3.63, 3.8) is 0 Å². The van der Waals surface area contributed by atoms with Gasteiger partial charge in [0.25, 0.3) is 0 Å². The zero-order chi connectivity index (χ0) is 8.77. The van der Waals surface area contributed by atoms with Crippen LogP contribution in [0.1, 0.15) is 25.7 Å². The first-order valence-electron chi connectivity index (χ1n) is 5.24. The van der Waals surface area contributed by atoms with Crippen molar-refractivity contribution in [2.75, 3.05) is 0 Å². The molecule has 0 radical (unpaired) electrons. The van der Waals surface area contributed by atoms with Gasteiger partial charge in [0, 0.05) is 0 Å². The molecule has 0 aromatic heterocycles. The number of hydrogen-bond acceptors (Lipinski definition) is 1. The van der Waals surface area contributed by atoms with Crippen LogP contribution in [0, 0.1) is 11.8 Å². The van der Waals surface area contributed by atoms with Gasteiger partial charge in [0.1, 0.15) is 0 Å². The van der Waals surface area contributed by atoms with Gasteiger partial charge in [-0.1, -0.05) is 0 Å². The molecule has 12 heavy (non-hydrogen) atoms. The van der Waals surface area contributed by atoms with Gasteiger partial charge < -0.3 is 4.43 Å². The van der Waals surface area contributed by atoms with Crippen LogP contribution in [0.15, 0.2) is 0 Å². The van der Waals surface area contributed by atoms with E-state index in [4.69, 9.17) is 4.43 Å². The van der Waals surface area contributed by atoms with Crippen molar-refractivity contribution in [2.45, 2.75) is 51.4 Å². The van der Waals surface area contributed by atoms with E-state index in [-0.39, 0.29) is 0 Å². The Morgan fingerprint density at radius 1 is 0.917 bits per heavy atom. The Bertz CT molecular complexity index is 153. The Morgan fingerprint density at radius 3 is 1.67 bits per heavy atom. The van der Waals surface area contributed by atoms with E-state index in [1.807, 2.05) is 0 Å². The molecular formula is C10H20OSi. The molecule has 0 spiro atoms. The quantitative estimate of drug-likeness (QED) is 0.599. The zero-order valence-corrected chi connectivity index (χ0v) is 9.47. The largest absolute Gasteiger partial charge is 0.414 e. The molecule has 2 saturated carbocycles. The first kappa shape index (κ1) is 8.76. The lowest BCUT2D eigenvalue weighted by Crippen LogP contribution is -2.34. The number of hydrogen-bond donors (Lipinski definition) is 0. The van der Waals surface area contributed by atoms with E-state index in [0.29, 0.717) is 6.10 Å². The van der Waals surface area contributed by atoms with Crippen LogP contribution in [0.5, 0.6) is 0 Å². The van der Waals surface area contributed by atoms with E-state index in [1.165, 1.54) is 25.7 Å². The standard InChI is InChI=1S/C10H20OSi/c1-12(2,3)11-10-8-4-5-9(10)7-6-8/h8-10H,4-7H2,1-3H3. The van der Waals surface area contributed by atoms with Crippen LogP contribution in [0.25, 0.3) is 0 Å². The third kappa shape index (κ3) is 1.60. The maximum atomic E-state index is 6.22. The molecule has 0 heterocycles. The van der Waals surface area contributed by atoms with Gasteiger partial charge in [0.15, 0.2) is 8.32 Å². The number of rotatable bonds is 2. The SMILES string of the molecule is C[Si](C)(C)OC1C2CCC1CC2. The molecular weight excluding hydrogens is 164 g/mol. The first-order valence-corrected chi connectivity index (χ1v) is 8.65. The fourth-order valence-electron chi connectivity index (χ4n) is 2.79. The highest BCUT2D eigenvalue weighted by Gasteiger charge is 2.43. The van der Waals surface area contributed by atoms with E-state index in [9.17, 15) is 0 Å². The van der Waals surface area contributed by atoms with Gasteiger partial charge >= 0.3 is 0 Å². The molecule has 0 saturated heterocycles. The van der Waals surface area contributed by atoms with Gasteiger partial charge in [-0.3, -0.25) is 0 Å². The minimum absolute atomic E-state index is 0.664. The van der Waals surface area contributed by atoms with Crippen LogP contribution in [0.2, 0.25) is 19.6 Å². The zero-order valence-electron chi connectivity index (χ0n) is 8.47. The van der Waals surface area contributed by atoms with E-state index in [1.54, 1.807) is 0 Å². The Labute approximate surface area is 76.6 Å². The topological polar surface area (TPSA) is 9.23 Å². The molecule has 1 nitrogen and oxygen atoms in total. The second-order valence-electron chi connectivity index (χ2n) is 5.37. The molecule has 70 valence electrons. The Kier molecular flexibility index (Phi) is 2.08. The fourth-order valence-corrected chi connectivity index (χ4v) is 3.99. The van der Waals surface area contributed by atoms with E-state index >= 15 is 0 Å². The van der Waals surface area contributed by atoms with Crippen molar-refractivity contribution in [3.05, 3.63) is 0 Å². The Hall–Kier alpha value is 0.177. The summed E-state index contributed by atoms with van der Waals surface area (Å²) in [4.78, 5) is 0. The molecule has 0 unspecified atom stereocenters. The lowest BCUT2D eigenvalue weighted by Gasteiger charge is -2.26. The molecule has 2 heteroatoms. The van der Waals surface area contributed by atoms with Crippen molar-refractivity contribution >= 4 is 8.32 Å². The van der Waals surface area contributed by atoms with Gasteiger partial charge in [-0.2, -0.15) is 0 Å². The van der Waals surface area contributed by atoms with Gasteiger partial charge in [-0.05, 0) is 57.2 Å². The van der Waals surface area contributed by atoms with Crippen LogP contribution in [-0.2, 0) is 4.43 Å². The van der Waals surface area contributed by atoms with Crippen LogP contribution in [0.3, 0.4) is 0 Å². The van der Waals surface area contributed by atoms with Gasteiger partial charge in [-0.15, -0.1) is 0 Å². The fraction of sp³-hybridized carbons (Fsp3) is 1.00. The molecule has 0 atom stereocenters. The van der Waals surface area contributed by atoms with Crippen molar-refractivity contribution in [1.29, 1.82) is 0 Å². The third-order valence-corrected chi connectivity index (χ3v) is 4.21. The number of fused-ring (bicyclic) bond motifs is 2. The maximum absolute atomic E-state index is 6.22. The molecule has 2 bridgehead atoms. The molecule has 2 rings (SSSR count). The molecule has 0 amide bonds. The second-order valence-corrected chi connectivity index (χ2v) is 9.83. The van der Waals surface area contributed by atoms with Crippen molar-refractivity contribution in [3.8, 4) is 0 Å². The highest BCUT2D eigenvalue weighted by Crippen LogP contribution is 2.47. The molecule has 2 aliphatic carbocycles. The minimum atomic E-state index is -1.27. The smallest absolute Gasteiger partial charge is 0.184 e. The van der Waals surface area contributed by atoms with E-state index in [0.717, 1.165) is 11.8 Å². The first-order chi connectivity index (χ1) is 5.56. The van der Waals surface area contributed by atoms with E-state index < -0.39 is 8.32 Å². The van der Waals surface area contributed by atoms with Crippen LogP contribution < -0.4 is 0 Å². The molecule has 0 N–H and O–H groups in total. The summed E-state index contributed by atoms with van der Waals surface area (Å²) in [5.41, 5.74) is 0. The maximum Gasteiger partial charge on any atom is 0.184 e. The summed E-state index contributed by atoms with van der Waals surface area (Å²) >= 11 is 0. The lowest BCUT2D eigenvalue weighted by atomic mass is 10.0. The molecule has 2 aliphatic rings. The summed E-state index contributed by atoms with van der Waals surface area (Å²) in [7, 11) is -1.27. The summed E-state index contributed by atoms with van der Waals surface area (Å²) in [6.07, 6.45) is 6.44. The molecule has 2 fully saturated rings. The summed E-state index contributed by atoms with van der Waals surface area (Å²) < 4.78 is 6.22. The molecule has 0 aromatic carbocycles. The van der Waals surface area contributed by atoms with Crippen molar-refractivity contribution in [1.82, 2.24) is 0 Å². The van der Waals surface area contributed by atoms with Gasteiger partial charge in [-0.25, -0.2) is 0 Å². The third-order valence-electron chi connectivity index (χ3n) is 3.24. The highest BCUT2D eigenvalue weighted by atomic mass is 28.4. The normalized spacial score (nSPS) is 40.8. The van der Waals surface area contributed by atoms with Crippen LogP contribution in [-0.4, -0.2) is 14.4 Å². The predicted molar refractivity (Wildman–Crippen MR) is 53.7 cm³/mol. The monoisotopic (exact) mass is 184 g/mol. The predicted octanol–water partition coefficient (Wildman–Crippen LogP) is 3.03. The van der Waals surface area contributed by atoms with E-state index in [2.05, 4.69) is 19.6 Å². The average molecular weight is 184 g/mol. The lowest BCUT2D eigenvalue weighted by molar-refractivity contribution is 0.147. The minimum Gasteiger partial charge on any atom is -0.414 e. The van der Waals surface area contributed by atoms with Gasteiger partial charge in [0.05, 0.1) is 6.10 Å². The van der Waals surface area contributed by atoms with Crippen LogP contribution in [0.4, 0.5) is 0 Å². The summed E-state index contributed by atoms with van der Waals surface area (Å²) in [5.74, 6) is 1.86. The Balaban J connectivity index is 1.97. The van der Waals surface area contributed by atoms with Crippen molar-refractivity contribution in [2.24, 2.45) is 11.8 Å². The van der Waals surface area contributed by atoms with Gasteiger partial charge in [0.2, 0.25) is 0 Å². The summed E-state index contributed by atoms with van der Waals surface area (Å²) in [5, 5.41) is 0. The second kappa shape index (κ2) is 2.84. The Morgan fingerprint density at radius 2 is 1.33 bits per heavy atom. The van der Waals surface area contributed by atoms with Crippen molar-refractivity contribution < 1.29 is 4.43 Å². The summed E-state index contributed by atoms with van der Waals surface area (Å²) in [6.45, 7) is 6.93. The average Bonchev–Trinajstić information content (AvgIpc) is 2.46. The highest BCUT2D eigenvalue weighted by molar-refractivity contribution is 6.69. The van der Waals surface area contributed by atoms with Crippen LogP contribution >= 0.6 is 0 Å². The molecule has 0 aliphatic heterocycles.